The van der Waals surface area contributed by atoms with Crippen molar-refractivity contribution < 1.29 is 14.0 Å². The average molecular weight is 187 g/mol. The molecular weight excluding hydrogens is 176 g/mol. The molecule has 1 aromatic carbocycles. The lowest BCUT2D eigenvalue weighted by molar-refractivity contribution is 0.160. The highest BCUT2D eigenvalue weighted by atomic mass is 19.1. The summed E-state index contributed by atoms with van der Waals surface area (Å²) in [7, 11) is 0. The zero-order valence-electron chi connectivity index (χ0n) is 7.22. The quantitative estimate of drug-likeness (QED) is 0.712. The molecule has 1 aromatic rings. The number of alkyl halides is 1. The third kappa shape index (κ3) is 2.23. The van der Waals surface area contributed by atoms with E-state index in [1.165, 1.54) is 19.1 Å². The molecule has 0 aliphatic carbocycles. The molecule has 4 heteroatoms. The molecule has 1 atom stereocenters. The smallest absolute Gasteiger partial charge is 0.129 e. The first kappa shape index (κ1) is 10.1. The van der Waals surface area contributed by atoms with Crippen LogP contribution in [-0.2, 0) is 6.54 Å². The summed E-state index contributed by atoms with van der Waals surface area (Å²) < 4.78 is 26.0. The van der Waals surface area contributed by atoms with E-state index in [1.807, 2.05) is 5.48 Å². The largest absolute Gasteiger partial charge is 0.316 e. The van der Waals surface area contributed by atoms with Crippen LogP contribution < -0.4 is 5.48 Å². The van der Waals surface area contributed by atoms with Crippen LogP contribution in [0, 0.1) is 5.82 Å². The predicted octanol–water partition coefficient (Wildman–Crippen LogP) is 2.33. The summed E-state index contributed by atoms with van der Waals surface area (Å²) in [5.74, 6) is -0.581. The van der Waals surface area contributed by atoms with Crippen LogP contribution in [0.4, 0.5) is 8.78 Å². The average Bonchev–Trinajstić information content (AvgIpc) is 2.04. The summed E-state index contributed by atoms with van der Waals surface area (Å²) >= 11 is 0. The molecule has 0 aliphatic rings. The van der Waals surface area contributed by atoms with Crippen LogP contribution in [0.1, 0.15) is 24.2 Å². The standard InChI is InChI=1S/C9H11F2NO/c1-6(10)9-7(5-12-13)3-2-4-8(9)11/h2-4,6,12-13H,5H2,1H3. The number of hydrogen-bond acceptors (Lipinski definition) is 2. The molecule has 0 saturated carbocycles. The summed E-state index contributed by atoms with van der Waals surface area (Å²) in [5.41, 5.74) is 2.31. The highest BCUT2D eigenvalue weighted by Gasteiger charge is 2.13. The number of halogens is 2. The van der Waals surface area contributed by atoms with Crippen molar-refractivity contribution in [3.63, 3.8) is 0 Å². The zero-order chi connectivity index (χ0) is 9.84. The van der Waals surface area contributed by atoms with Crippen molar-refractivity contribution in [2.45, 2.75) is 19.6 Å². The summed E-state index contributed by atoms with van der Waals surface area (Å²) in [5, 5.41) is 8.42. The van der Waals surface area contributed by atoms with Crippen molar-refractivity contribution in [3.8, 4) is 0 Å². The van der Waals surface area contributed by atoms with Crippen LogP contribution in [0.5, 0.6) is 0 Å². The zero-order valence-corrected chi connectivity index (χ0v) is 7.22. The Hall–Kier alpha value is -1.00. The maximum atomic E-state index is 13.1. The molecular formula is C9H11F2NO. The summed E-state index contributed by atoms with van der Waals surface area (Å²) in [4.78, 5) is 0. The van der Waals surface area contributed by atoms with Gasteiger partial charge in [-0.15, -0.1) is 0 Å². The van der Waals surface area contributed by atoms with Crippen LogP contribution in [-0.4, -0.2) is 5.21 Å². The molecule has 13 heavy (non-hydrogen) atoms. The van der Waals surface area contributed by atoms with Gasteiger partial charge >= 0.3 is 0 Å². The van der Waals surface area contributed by atoms with Crippen molar-refractivity contribution in [3.05, 3.63) is 35.1 Å². The number of nitrogens with one attached hydrogen (secondary N) is 1. The first-order chi connectivity index (χ1) is 6.16. The second-order valence-corrected chi connectivity index (χ2v) is 2.76. The molecule has 0 aromatic heterocycles. The van der Waals surface area contributed by atoms with E-state index in [-0.39, 0.29) is 12.1 Å². The minimum absolute atomic E-state index is 0.00375. The van der Waals surface area contributed by atoms with Gasteiger partial charge in [0.1, 0.15) is 12.0 Å². The molecule has 0 heterocycles. The Morgan fingerprint density at radius 3 is 2.77 bits per heavy atom. The van der Waals surface area contributed by atoms with Gasteiger partial charge in [0.2, 0.25) is 0 Å². The van der Waals surface area contributed by atoms with Gasteiger partial charge in [-0.05, 0) is 18.6 Å². The fourth-order valence-corrected chi connectivity index (χ4v) is 1.27. The number of hydrogen-bond donors (Lipinski definition) is 2. The fourth-order valence-electron chi connectivity index (χ4n) is 1.27. The third-order valence-electron chi connectivity index (χ3n) is 1.81. The van der Waals surface area contributed by atoms with E-state index in [9.17, 15) is 8.78 Å². The Labute approximate surface area is 75.2 Å². The maximum Gasteiger partial charge on any atom is 0.129 e. The maximum absolute atomic E-state index is 13.1. The Bertz CT molecular complexity index is 289. The van der Waals surface area contributed by atoms with Crippen molar-refractivity contribution >= 4 is 0 Å². The normalized spacial score (nSPS) is 12.9. The van der Waals surface area contributed by atoms with Gasteiger partial charge in [0.15, 0.2) is 0 Å². The van der Waals surface area contributed by atoms with Crippen molar-refractivity contribution in [2.24, 2.45) is 0 Å². The first-order valence-electron chi connectivity index (χ1n) is 3.95. The molecule has 2 N–H and O–H groups in total. The summed E-state index contributed by atoms with van der Waals surface area (Å²) in [6, 6.07) is 4.25. The first-order valence-corrected chi connectivity index (χ1v) is 3.95. The molecule has 1 rings (SSSR count). The van der Waals surface area contributed by atoms with Crippen molar-refractivity contribution in [1.29, 1.82) is 0 Å². The lowest BCUT2D eigenvalue weighted by atomic mass is 10.0. The molecule has 0 radical (unpaired) electrons. The lowest BCUT2D eigenvalue weighted by Crippen LogP contribution is -2.10. The van der Waals surface area contributed by atoms with Gasteiger partial charge in [0, 0.05) is 12.1 Å². The lowest BCUT2D eigenvalue weighted by Gasteiger charge is -2.10. The minimum atomic E-state index is -1.37. The highest BCUT2D eigenvalue weighted by Crippen LogP contribution is 2.23. The van der Waals surface area contributed by atoms with Gasteiger partial charge < -0.3 is 5.21 Å². The van der Waals surface area contributed by atoms with Crippen LogP contribution in [0.2, 0.25) is 0 Å². The molecule has 0 aliphatic heterocycles. The van der Waals surface area contributed by atoms with Crippen molar-refractivity contribution in [1.82, 2.24) is 5.48 Å². The van der Waals surface area contributed by atoms with E-state index in [1.54, 1.807) is 6.07 Å². The molecule has 0 fully saturated rings. The SMILES string of the molecule is CC(F)c1c(F)cccc1CNO. The number of benzene rings is 1. The van der Waals surface area contributed by atoms with Crippen molar-refractivity contribution in [2.75, 3.05) is 0 Å². The van der Waals surface area contributed by atoms with E-state index in [0.29, 0.717) is 5.56 Å². The predicted molar refractivity (Wildman–Crippen MR) is 44.5 cm³/mol. The fraction of sp³-hybridized carbons (Fsp3) is 0.333. The van der Waals surface area contributed by atoms with E-state index >= 15 is 0 Å². The Morgan fingerprint density at radius 1 is 1.54 bits per heavy atom. The Kier molecular flexibility index (Phi) is 3.33. The second kappa shape index (κ2) is 4.30. The molecule has 2 nitrogen and oxygen atoms in total. The molecule has 72 valence electrons. The van der Waals surface area contributed by atoms with E-state index in [4.69, 9.17) is 5.21 Å². The summed E-state index contributed by atoms with van der Waals surface area (Å²) in [6.07, 6.45) is -1.37. The van der Waals surface area contributed by atoms with Crippen LogP contribution in [0.3, 0.4) is 0 Å². The van der Waals surface area contributed by atoms with Gasteiger partial charge in [-0.25, -0.2) is 14.3 Å². The van der Waals surface area contributed by atoms with Gasteiger partial charge in [-0.1, -0.05) is 12.1 Å². The topological polar surface area (TPSA) is 32.3 Å². The van der Waals surface area contributed by atoms with Crippen LogP contribution >= 0.6 is 0 Å². The highest BCUT2D eigenvalue weighted by molar-refractivity contribution is 5.30. The molecule has 0 amide bonds. The Balaban J connectivity index is 3.10. The van der Waals surface area contributed by atoms with Crippen LogP contribution in [0.25, 0.3) is 0 Å². The van der Waals surface area contributed by atoms with Gasteiger partial charge in [-0.2, -0.15) is 0 Å². The van der Waals surface area contributed by atoms with Gasteiger partial charge in [0.25, 0.3) is 0 Å². The minimum Gasteiger partial charge on any atom is -0.316 e. The third-order valence-corrected chi connectivity index (χ3v) is 1.81. The van der Waals surface area contributed by atoms with E-state index in [0.717, 1.165) is 0 Å². The van der Waals surface area contributed by atoms with E-state index < -0.39 is 12.0 Å². The second-order valence-electron chi connectivity index (χ2n) is 2.76. The summed E-state index contributed by atoms with van der Waals surface area (Å²) in [6.45, 7) is 1.31. The van der Waals surface area contributed by atoms with Crippen LogP contribution in [0.15, 0.2) is 18.2 Å². The molecule has 1 unspecified atom stereocenters. The number of hydroxylamine groups is 1. The van der Waals surface area contributed by atoms with Gasteiger partial charge in [0.05, 0.1) is 0 Å². The Morgan fingerprint density at radius 2 is 2.23 bits per heavy atom. The monoisotopic (exact) mass is 187 g/mol. The molecule has 0 bridgehead atoms. The molecule has 0 saturated heterocycles. The van der Waals surface area contributed by atoms with Gasteiger partial charge in [-0.3, -0.25) is 0 Å². The van der Waals surface area contributed by atoms with E-state index in [2.05, 4.69) is 0 Å². The number of rotatable bonds is 3. The molecule has 0 spiro atoms.